The number of aldehydes is 1. The van der Waals surface area contributed by atoms with E-state index in [0.717, 1.165) is 24.2 Å². The second-order valence-corrected chi connectivity index (χ2v) is 11.5. The van der Waals surface area contributed by atoms with Crippen LogP contribution in [0, 0.1) is 18.8 Å². The van der Waals surface area contributed by atoms with Crippen LogP contribution in [0.15, 0.2) is 41.4 Å². The highest BCUT2D eigenvalue weighted by Gasteiger charge is 2.44. The smallest absolute Gasteiger partial charge is 0.123 e. The van der Waals surface area contributed by atoms with Gasteiger partial charge in [-0.15, -0.1) is 0 Å². The van der Waals surface area contributed by atoms with E-state index in [9.17, 15) is 9.90 Å². The molecular weight excluding hydrogens is 444 g/mol. The third kappa shape index (κ3) is 5.85. The number of aromatic hydroxyl groups is 1. The van der Waals surface area contributed by atoms with Crippen molar-refractivity contribution in [1.82, 2.24) is 4.90 Å². The molecule has 3 atom stereocenters. The van der Waals surface area contributed by atoms with Gasteiger partial charge in [0.25, 0.3) is 0 Å². The van der Waals surface area contributed by atoms with E-state index in [4.69, 9.17) is 0 Å². The molecule has 0 spiro atoms. The van der Waals surface area contributed by atoms with Crippen LogP contribution in [-0.2, 0) is 16.6 Å². The molecule has 1 saturated heterocycles. The van der Waals surface area contributed by atoms with Gasteiger partial charge in [0, 0.05) is 31.6 Å². The standard InChI is InChI=1S/C25H30O2.C7H14N2/c1-17(16-26)11-20-5-3-7-21(13-20)22-12-18(2)24(27)23(14-22)25-9-4-6-19(15-25)8-10-25;1-7(8-2)9-5-3-4-6-9/h3,5,7,12-14,16-17,19,27H,4,6,8-11,15H2,1-2H3;3-6H2,1-2H3. The highest BCUT2D eigenvalue weighted by Crippen LogP contribution is 2.55. The predicted octanol–water partition coefficient (Wildman–Crippen LogP) is 7.10. The summed E-state index contributed by atoms with van der Waals surface area (Å²) in [6.07, 6.45) is 12.1. The maximum absolute atomic E-state index is 11.0. The first-order chi connectivity index (χ1) is 17.3. The number of fused-ring (bicyclic) bond motifs is 2. The van der Waals surface area contributed by atoms with Gasteiger partial charge >= 0.3 is 0 Å². The molecule has 0 aromatic heterocycles. The van der Waals surface area contributed by atoms with Gasteiger partial charge in [-0.05, 0) is 105 Å². The Balaban J connectivity index is 0.000000286. The lowest BCUT2D eigenvalue weighted by molar-refractivity contribution is -0.110. The van der Waals surface area contributed by atoms with Crippen molar-refractivity contribution in [2.75, 3.05) is 20.1 Å². The third-order valence-corrected chi connectivity index (χ3v) is 8.79. The molecule has 0 radical (unpaired) electrons. The highest BCUT2D eigenvalue weighted by atomic mass is 16.3. The molecule has 2 aromatic rings. The normalized spacial score (nSPS) is 24.3. The maximum atomic E-state index is 11.0. The SMILES string of the molecule is CN=C(C)N1CCCC1.Cc1cc(-c2cccc(CC(C)C=O)c2)cc(C23CCCC(CC2)C3)c1O. The minimum Gasteiger partial charge on any atom is -0.507 e. The first kappa shape index (κ1) is 26.4. The zero-order valence-corrected chi connectivity index (χ0v) is 22.7. The summed E-state index contributed by atoms with van der Waals surface area (Å²) in [5.74, 6) is 2.57. The van der Waals surface area contributed by atoms with Crippen molar-refractivity contribution >= 4 is 12.1 Å². The lowest BCUT2D eigenvalue weighted by atomic mass is 9.70. The van der Waals surface area contributed by atoms with Gasteiger partial charge in [0.15, 0.2) is 0 Å². The number of nitrogens with zero attached hydrogens (tertiary/aromatic N) is 2. The van der Waals surface area contributed by atoms with Gasteiger partial charge < -0.3 is 14.8 Å². The summed E-state index contributed by atoms with van der Waals surface area (Å²) >= 11 is 0. The van der Waals surface area contributed by atoms with Crippen LogP contribution in [-0.4, -0.2) is 42.3 Å². The Kier molecular flexibility index (Phi) is 8.54. The predicted molar refractivity (Wildman–Crippen MR) is 150 cm³/mol. The summed E-state index contributed by atoms with van der Waals surface area (Å²) in [7, 11) is 1.85. The molecule has 1 aliphatic heterocycles. The molecule has 36 heavy (non-hydrogen) atoms. The van der Waals surface area contributed by atoms with Crippen molar-refractivity contribution in [3.63, 3.8) is 0 Å². The zero-order valence-electron chi connectivity index (χ0n) is 22.7. The van der Waals surface area contributed by atoms with Gasteiger partial charge in [0.2, 0.25) is 0 Å². The van der Waals surface area contributed by atoms with Crippen LogP contribution < -0.4 is 0 Å². The number of carbonyl (C=O) groups is 1. The monoisotopic (exact) mass is 488 g/mol. The summed E-state index contributed by atoms with van der Waals surface area (Å²) in [5, 5.41) is 10.9. The lowest BCUT2D eigenvalue weighted by Gasteiger charge is -2.35. The van der Waals surface area contributed by atoms with Gasteiger partial charge in [0.1, 0.15) is 12.0 Å². The molecule has 5 rings (SSSR count). The minimum atomic E-state index is 0.0360. The number of aliphatic imine (C=N–C) groups is 1. The van der Waals surface area contributed by atoms with Crippen molar-refractivity contribution < 1.29 is 9.90 Å². The van der Waals surface area contributed by atoms with Crippen molar-refractivity contribution in [1.29, 1.82) is 0 Å². The first-order valence-corrected chi connectivity index (χ1v) is 13.9. The van der Waals surface area contributed by atoms with Crippen LogP contribution in [0.4, 0.5) is 0 Å². The van der Waals surface area contributed by atoms with E-state index in [2.05, 4.69) is 53.2 Å². The largest absolute Gasteiger partial charge is 0.507 e. The molecule has 2 aromatic carbocycles. The summed E-state index contributed by atoms with van der Waals surface area (Å²) in [4.78, 5) is 17.5. The number of benzene rings is 2. The number of hydrogen-bond donors (Lipinski definition) is 1. The topological polar surface area (TPSA) is 52.9 Å². The van der Waals surface area contributed by atoms with E-state index < -0.39 is 0 Å². The van der Waals surface area contributed by atoms with Crippen molar-refractivity contribution in [2.24, 2.45) is 16.8 Å². The van der Waals surface area contributed by atoms with E-state index in [1.54, 1.807) is 0 Å². The fourth-order valence-electron chi connectivity index (χ4n) is 6.65. The van der Waals surface area contributed by atoms with Gasteiger partial charge in [-0.2, -0.15) is 0 Å². The van der Waals surface area contributed by atoms with Crippen molar-refractivity contribution in [2.45, 2.75) is 84.0 Å². The fraction of sp³-hybridized carbons (Fsp3) is 0.562. The molecule has 4 nitrogen and oxygen atoms in total. The Morgan fingerprint density at radius 3 is 2.64 bits per heavy atom. The number of rotatable bonds is 5. The van der Waals surface area contributed by atoms with Gasteiger partial charge in [-0.1, -0.05) is 44.0 Å². The average Bonchev–Trinajstić information content (AvgIpc) is 3.54. The van der Waals surface area contributed by atoms with Crippen LogP contribution in [0.5, 0.6) is 5.75 Å². The Labute approximate surface area is 217 Å². The van der Waals surface area contributed by atoms with E-state index in [0.29, 0.717) is 5.75 Å². The number of aryl methyl sites for hydroxylation is 1. The maximum Gasteiger partial charge on any atom is 0.123 e. The Morgan fingerprint density at radius 2 is 1.92 bits per heavy atom. The highest BCUT2D eigenvalue weighted by molar-refractivity contribution is 5.79. The number of amidine groups is 1. The lowest BCUT2D eigenvalue weighted by Crippen LogP contribution is -2.26. The molecule has 1 heterocycles. The molecule has 3 aliphatic rings. The second kappa shape index (κ2) is 11.6. The van der Waals surface area contributed by atoms with Gasteiger partial charge in [0.05, 0.1) is 5.84 Å². The average molecular weight is 489 g/mol. The van der Waals surface area contributed by atoms with Crippen LogP contribution in [0.3, 0.4) is 0 Å². The second-order valence-electron chi connectivity index (χ2n) is 11.5. The van der Waals surface area contributed by atoms with Crippen LogP contribution >= 0.6 is 0 Å². The molecule has 3 unspecified atom stereocenters. The molecule has 4 heteroatoms. The quantitative estimate of drug-likeness (QED) is 0.277. The number of phenolic OH excluding ortho intramolecular Hbond substituents is 1. The molecule has 2 bridgehead atoms. The third-order valence-electron chi connectivity index (χ3n) is 8.79. The van der Waals surface area contributed by atoms with E-state index >= 15 is 0 Å². The van der Waals surface area contributed by atoms with E-state index in [-0.39, 0.29) is 11.3 Å². The van der Waals surface area contributed by atoms with Crippen LogP contribution in [0.1, 0.15) is 81.9 Å². The number of carbonyl (C=O) groups excluding carboxylic acids is 1. The molecule has 194 valence electrons. The molecule has 2 aliphatic carbocycles. The fourth-order valence-corrected chi connectivity index (χ4v) is 6.65. The van der Waals surface area contributed by atoms with E-state index in [1.807, 2.05) is 20.9 Å². The summed E-state index contributed by atoms with van der Waals surface area (Å²) in [6, 6.07) is 12.9. The van der Waals surface area contributed by atoms with Crippen LogP contribution in [0.25, 0.3) is 11.1 Å². The Bertz CT molecular complexity index is 1080. The number of likely N-dealkylation sites (tertiary alicyclic amines) is 1. The molecule has 2 saturated carbocycles. The van der Waals surface area contributed by atoms with Crippen molar-refractivity contribution in [3.8, 4) is 16.9 Å². The molecule has 1 N–H and O–H groups in total. The summed E-state index contributed by atoms with van der Waals surface area (Å²) < 4.78 is 0. The Hall–Kier alpha value is -2.62. The minimum absolute atomic E-state index is 0.0360. The number of phenols is 1. The zero-order chi connectivity index (χ0) is 25.7. The molecule has 3 fully saturated rings. The summed E-state index contributed by atoms with van der Waals surface area (Å²) in [6.45, 7) is 8.48. The van der Waals surface area contributed by atoms with Crippen LogP contribution in [0.2, 0.25) is 0 Å². The molecular formula is C32H44N2O2. The Morgan fingerprint density at radius 1 is 1.14 bits per heavy atom. The van der Waals surface area contributed by atoms with E-state index in [1.165, 1.54) is 92.5 Å². The van der Waals surface area contributed by atoms with Gasteiger partial charge in [-0.25, -0.2) is 0 Å². The summed E-state index contributed by atoms with van der Waals surface area (Å²) in [5.41, 5.74) is 5.87. The number of hydrogen-bond acceptors (Lipinski definition) is 3. The van der Waals surface area contributed by atoms with Gasteiger partial charge in [-0.3, -0.25) is 4.99 Å². The molecule has 0 amide bonds. The van der Waals surface area contributed by atoms with Crippen molar-refractivity contribution in [3.05, 3.63) is 53.1 Å². The first-order valence-electron chi connectivity index (χ1n) is 13.9.